The van der Waals surface area contributed by atoms with Gasteiger partial charge in [-0.05, 0) is 12.1 Å². The van der Waals surface area contributed by atoms with Gasteiger partial charge in [-0.1, -0.05) is 6.07 Å². The van der Waals surface area contributed by atoms with Gasteiger partial charge in [0.25, 0.3) is 0 Å². The number of aromatic amines is 1. The van der Waals surface area contributed by atoms with Gasteiger partial charge in [0.15, 0.2) is 5.82 Å². The Bertz CT molecular complexity index is 371. The predicted octanol–water partition coefficient (Wildman–Crippen LogP) is 0.871. The summed E-state index contributed by atoms with van der Waals surface area (Å²) >= 11 is 0. The molecule has 68 valence electrons. The molecule has 2 rings (SSSR count). The summed E-state index contributed by atoms with van der Waals surface area (Å²) in [6.45, 7) is 0. The summed E-state index contributed by atoms with van der Waals surface area (Å²) in [4.78, 5) is 8.00. The molecule has 0 unspecified atom stereocenters. The van der Waals surface area contributed by atoms with Gasteiger partial charge in [-0.3, -0.25) is 10.1 Å². The van der Waals surface area contributed by atoms with Crippen molar-refractivity contribution in [3.05, 3.63) is 24.4 Å². The summed E-state index contributed by atoms with van der Waals surface area (Å²) in [7, 11) is 0. The van der Waals surface area contributed by atoms with Crippen LogP contribution in [0.2, 0.25) is 0 Å². The molecule has 0 atom stereocenters. The Morgan fingerprint density at radius 3 is 2.69 bits per heavy atom. The largest absolute Gasteiger partial charge is 0.366 e. The zero-order valence-electron chi connectivity index (χ0n) is 6.64. The monoisotopic (exact) mass is 197 g/mol. The number of H-pyrrole nitrogens is 1. The Kier molecular flexibility index (Phi) is 2.81. The molecule has 0 saturated heterocycles. The van der Waals surface area contributed by atoms with Crippen molar-refractivity contribution in [2.45, 2.75) is 0 Å². The SMILES string of the molecule is Cl.Nc1n[nH]c(-c2ccccn2)n1. The van der Waals surface area contributed by atoms with Crippen LogP contribution in [-0.2, 0) is 0 Å². The molecule has 0 aliphatic heterocycles. The summed E-state index contributed by atoms with van der Waals surface area (Å²) in [5.41, 5.74) is 6.07. The summed E-state index contributed by atoms with van der Waals surface area (Å²) in [6.07, 6.45) is 1.69. The number of nitrogens with two attached hydrogens (primary N) is 1. The molecule has 0 radical (unpaired) electrons. The highest BCUT2D eigenvalue weighted by molar-refractivity contribution is 5.85. The Morgan fingerprint density at radius 1 is 1.31 bits per heavy atom. The first-order valence-electron chi connectivity index (χ1n) is 3.45. The molecule has 0 aromatic carbocycles. The maximum atomic E-state index is 5.33. The van der Waals surface area contributed by atoms with Crippen molar-refractivity contribution in [1.29, 1.82) is 0 Å². The number of nitrogen functional groups attached to an aromatic ring is 1. The number of halogens is 1. The number of hydrogen-bond donors (Lipinski definition) is 2. The number of nitrogens with one attached hydrogen (secondary N) is 1. The number of anilines is 1. The lowest BCUT2D eigenvalue weighted by atomic mass is 10.3. The molecule has 2 heterocycles. The van der Waals surface area contributed by atoms with Gasteiger partial charge in [-0.2, -0.15) is 4.98 Å². The van der Waals surface area contributed by atoms with Gasteiger partial charge in [-0.15, -0.1) is 17.5 Å². The first-order chi connectivity index (χ1) is 5.86. The normalized spacial score (nSPS) is 9.23. The zero-order chi connectivity index (χ0) is 8.39. The Labute approximate surface area is 80.8 Å². The Hall–Kier alpha value is -1.62. The van der Waals surface area contributed by atoms with Crippen molar-refractivity contribution in [1.82, 2.24) is 20.2 Å². The van der Waals surface area contributed by atoms with Gasteiger partial charge in [0.2, 0.25) is 5.95 Å². The molecular formula is C7H8ClN5. The second kappa shape index (κ2) is 3.86. The lowest BCUT2D eigenvalue weighted by Gasteiger charge is -1.90. The Morgan fingerprint density at radius 2 is 2.15 bits per heavy atom. The van der Waals surface area contributed by atoms with Crippen LogP contribution in [0.15, 0.2) is 24.4 Å². The molecule has 0 spiro atoms. The number of pyridine rings is 1. The molecule has 0 amide bonds. The highest BCUT2D eigenvalue weighted by atomic mass is 35.5. The molecule has 3 N–H and O–H groups in total. The molecule has 0 aliphatic rings. The summed E-state index contributed by atoms with van der Waals surface area (Å²) < 4.78 is 0. The van der Waals surface area contributed by atoms with Gasteiger partial charge < -0.3 is 5.73 Å². The van der Waals surface area contributed by atoms with Crippen molar-refractivity contribution < 1.29 is 0 Å². The minimum atomic E-state index is 0. The van der Waals surface area contributed by atoms with Crippen LogP contribution in [0.4, 0.5) is 5.95 Å². The summed E-state index contributed by atoms with van der Waals surface area (Å²) in [5, 5.41) is 6.37. The molecule has 0 aliphatic carbocycles. The van der Waals surface area contributed by atoms with Crippen LogP contribution in [0.25, 0.3) is 11.5 Å². The third-order valence-electron chi connectivity index (χ3n) is 1.41. The number of hydrogen-bond acceptors (Lipinski definition) is 4. The maximum absolute atomic E-state index is 5.33. The van der Waals surface area contributed by atoms with E-state index in [1.54, 1.807) is 6.20 Å². The maximum Gasteiger partial charge on any atom is 0.239 e. The third kappa shape index (κ3) is 1.94. The van der Waals surface area contributed by atoms with Gasteiger partial charge in [0, 0.05) is 6.20 Å². The quantitative estimate of drug-likeness (QED) is 0.711. The van der Waals surface area contributed by atoms with Gasteiger partial charge in [0.1, 0.15) is 5.69 Å². The summed E-state index contributed by atoms with van der Waals surface area (Å²) in [6, 6.07) is 5.55. The van der Waals surface area contributed by atoms with E-state index >= 15 is 0 Å². The average Bonchev–Trinajstić information content (AvgIpc) is 2.54. The number of rotatable bonds is 1. The number of nitrogens with zero attached hydrogens (tertiary/aromatic N) is 3. The van der Waals surface area contributed by atoms with Crippen LogP contribution < -0.4 is 5.73 Å². The second-order valence-electron chi connectivity index (χ2n) is 2.26. The van der Waals surface area contributed by atoms with E-state index in [1.807, 2.05) is 18.2 Å². The molecule has 0 saturated carbocycles. The van der Waals surface area contributed by atoms with E-state index in [4.69, 9.17) is 5.73 Å². The van der Waals surface area contributed by atoms with Gasteiger partial charge >= 0.3 is 0 Å². The van der Waals surface area contributed by atoms with Gasteiger partial charge in [0.05, 0.1) is 0 Å². The van der Waals surface area contributed by atoms with Crippen LogP contribution in [0.5, 0.6) is 0 Å². The van der Waals surface area contributed by atoms with Crippen LogP contribution in [0.3, 0.4) is 0 Å². The topological polar surface area (TPSA) is 80.5 Å². The molecule has 0 fully saturated rings. The predicted molar refractivity (Wildman–Crippen MR) is 51.3 cm³/mol. The first kappa shape index (κ1) is 9.47. The lowest BCUT2D eigenvalue weighted by molar-refractivity contribution is 1.09. The number of aromatic nitrogens is 4. The van der Waals surface area contributed by atoms with Crippen LogP contribution in [0.1, 0.15) is 0 Å². The third-order valence-corrected chi connectivity index (χ3v) is 1.41. The highest BCUT2D eigenvalue weighted by Gasteiger charge is 2.01. The molecule has 2 aromatic rings. The van der Waals surface area contributed by atoms with Gasteiger partial charge in [-0.25, -0.2) is 0 Å². The second-order valence-corrected chi connectivity index (χ2v) is 2.26. The van der Waals surface area contributed by atoms with Crippen LogP contribution >= 0.6 is 12.4 Å². The lowest BCUT2D eigenvalue weighted by Crippen LogP contribution is -1.86. The molecule has 6 heteroatoms. The fraction of sp³-hybridized carbons (Fsp3) is 0. The van der Waals surface area contributed by atoms with Crippen molar-refractivity contribution in [3.63, 3.8) is 0 Å². The van der Waals surface area contributed by atoms with E-state index in [0.29, 0.717) is 5.82 Å². The molecule has 2 aromatic heterocycles. The van der Waals surface area contributed by atoms with Crippen LogP contribution in [0, 0.1) is 0 Å². The smallest absolute Gasteiger partial charge is 0.239 e. The van der Waals surface area contributed by atoms with Crippen molar-refractivity contribution in [3.8, 4) is 11.5 Å². The summed E-state index contributed by atoms with van der Waals surface area (Å²) in [5.74, 6) is 0.823. The van der Waals surface area contributed by atoms with E-state index in [9.17, 15) is 0 Å². The van der Waals surface area contributed by atoms with E-state index in [-0.39, 0.29) is 18.4 Å². The molecule has 0 bridgehead atoms. The average molecular weight is 198 g/mol. The molecular weight excluding hydrogens is 190 g/mol. The van der Waals surface area contributed by atoms with Crippen molar-refractivity contribution >= 4 is 18.4 Å². The van der Waals surface area contributed by atoms with E-state index < -0.39 is 0 Å². The fourth-order valence-corrected chi connectivity index (χ4v) is 0.892. The molecule has 13 heavy (non-hydrogen) atoms. The molecule has 5 nitrogen and oxygen atoms in total. The zero-order valence-corrected chi connectivity index (χ0v) is 7.45. The minimum absolute atomic E-state index is 0. The standard InChI is InChI=1S/C7H7N5.ClH/c8-7-10-6(11-12-7)5-3-1-2-4-9-5;/h1-4H,(H3,8,10,11,12);1H. The van der Waals surface area contributed by atoms with Crippen molar-refractivity contribution in [2.75, 3.05) is 5.73 Å². The van der Waals surface area contributed by atoms with Crippen LogP contribution in [-0.4, -0.2) is 20.2 Å². The fourth-order valence-electron chi connectivity index (χ4n) is 0.892. The highest BCUT2D eigenvalue weighted by Crippen LogP contribution is 2.09. The minimum Gasteiger partial charge on any atom is -0.366 e. The van der Waals surface area contributed by atoms with E-state index in [1.165, 1.54) is 0 Å². The Balaban J connectivity index is 0.000000845. The van der Waals surface area contributed by atoms with E-state index in [2.05, 4.69) is 20.2 Å². The van der Waals surface area contributed by atoms with Crippen molar-refractivity contribution in [2.24, 2.45) is 0 Å². The van der Waals surface area contributed by atoms with E-state index in [0.717, 1.165) is 5.69 Å². The first-order valence-corrected chi connectivity index (χ1v) is 3.45.